The summed E-state index contributed by atoms with van der Waals surface area (Å²) in [7, 11) is 1.85. The number of hydrogen-bond donors (Lipinski definition) is 0. The molecule has 0 aliphatic heterocycles. The fraction of sp³-hybridized carbons (Fsp3) is 0.250. The Hall–Kier alpha value is -1.09. The van der Waals surface area contributed by atoms with Gasteiger partial charge in [-0.3, -0.25) is 4.68 Å². The fourth-order valence-corrected chi connectivity index (χ4v) is 1.30. The quantitative estimate of drug-likeness (QED) is 0.582. The third-order valence-electron chi connectivity index (χ3n) is 1.84. The van der Waals surface area contributed by atoms with Gasteiger partial charge in [0.25, 0.3) is 0 Å². The lowest BCUT2D eigenvalue weighted by Crippen LogP contribution is -1.92. The molecule has 0 radical (unpaired) electrons. The Balaban J connectivity index is 2.87. The molecule has 2 heterocycles. The van der Waals surface area contributed by atoms with Gasteiger partial charge in [-0.05, 0) is 18.6 Å². The first-order valence-corrected chi connectivity index (χ1v) is 4.01. The molecular formula is C8H8ClN3. The van der Waals surface area contributed by atoms with E-state index in [1.165, 1.54) is 0 Å². The number of rotatable bonds is 0. The zero-order valence-electron chi connectivity index (χ0n) is 6.87. The van der Waals surface area contributed by atoms with Gasteiger partial charge in [0.15, 0.2) is 5.65 Å². The van der Waals surface area contributed by atoms with Crippen LogP contribution in [0.1, 0.15) is 5.56 Å². The van der Waals surface area contributed by atoms with Crippen LogP contribution in [0.25, 0.3) is 11.0 Å². The average Bonchev–Trinajstić information content (AvgIpc) is 2.35. The van der Waals surface area contributed by atoms with Crippen molar-refractivity contribution in [1.29, 1.82) is 0 Å². The highest BCUT2D eigenvalue weighted by Crippen LogP contribution is 2.18. The minimum Gasteiger partial charge on any atom is -0.250 e. The summed E-state index contributed by atoms with van der Waals surface area (Å²) in [6, 6.07) is 1.98. The molecule has 0 aromatic carbocycles. The summed E-state index contributed by atoms with van der Waals surface area (Å²) in [5, 5.41) is 5.65. The highest BCUT2D eigenvalue weighted by molar-refractivity contribution is 6.30. The molecule has 0 amide bonds. The first kappa shape index (κ1) is 7.55. The summed E-state index contributed by atoms with van der Waals surface area (Å²) in [4.78, 5) is 4.20. The fourth-order valence-electron chi connectivity index (χ4n) is 1.16. The van der Waals surface area contributed by atoms with Crippen molar-refractivity contribution in [3.8, 4) is 0 Å². The van der Waals surface area contributed by atoms with E-state index >= 15 is 0 Å². The molecule has 2 aromatic heterocycles. The minimum atomic E-state index is 0.547. The van der Waals surface area contributed by atoms with E-state index in [-0.39, 0.29) is 0 Å². The monoisotopic (exact) mass is 181 g/mol. The topological polar surface area (TPSA) is 30.7 Å². The second-order valence-electron chi connectivity index (χ2n) is 2.78. The van der Waals surface area contributed by atoms with Gasteiger partial charge in [0.2, 0.25) is 0 Å². The van der Waals surface area contributed by atoms with Gasteiger partial charge in [0.1, 0.15) is 5.15 Å². The van der Waals surface area contributed by atoms with Gasteiger partial charge in [-0.25, -0.2) is 4.98 Å². The molecule has 0 unspecified atom stereocenters. The molecular weight excluding hydrogens is 174 g/mol. The van der Waals surface area contributed by atoms with Crippen molar-refractivity contribution in [1.82, 2.24) is 14.8 Å². The second kappa shape index (κ2) is 2.45. The molecule has 0 fully saturated rings. The smallest absolute Gasteiger partial charge is 0.159 e. The summed E-state index contributed by atoms with van der Waals surface area (Å²) in [5.74, 6) is 0. The molecule has 0 aliphatic carbocycles. The molecule has 0 aliphatic rings. The van der Waals surface area contributed by atoms with Crippen LogP contribution in [0.15, 0.2) is 12.3 Å². The van der Waals surface area contributed by atoms with Gasteiger partial charge in [-0.1, -0.05) is 11.6 Å². The van der Waals surface area contributed by atoms with Crippen LogP contribution in [-0.4, -0.2) is 14.8 Å². The van der Waals surface area contributed by atoms with Crippen LogP contribution in [0, 0.1) is 6.92 Å². The van der Waals surface area contributed by atoms with Gasteiger partial charge >= 0.3 is 0 Å². The molecule has 0 bridgehead atoms. The van der Waals surface area contributed by atoms with E-state index < -0.39 is 0 Å². The van der Waals surface area contributed by atoms with Crippen molar-refractivity contribution in [3.05, 3.63) is 23.0 Å². The molecule has 3 nitrogen and oxygen atoms in total. The number of pyridine rings is 1. The molecule has 0 spiro atoms. The summed E-state index contributed by atoms with van der Waals surface area (Å²) >= 11 is 5.86. The van der Waals surface area contributed by atoms with Gasteiger partial charge in [0.05, 0.1) is 6.20 Å². The van der Waals surface area contributed by atoms with Crippen LogP contribution in [0.2, 0.25) is 5.15 Å². The third kappa shape index (κ3) is 0.975. The van der Waals surface area contributed by atoms with Crippen molar-refractivity contribution >= 4 is 22.6 Å². The zero-order chi connectivity index (χ0) is 8.72. The van der Waals surface area contributed by atoms with E-state index in [4.69, 9.17) is 11.6 Å². The Morgan fingerprint density at radius 2 is 2.25 bits per heavy atom. The number of nitrogens with zero attached hydrogens (tertiary/aromatic N) is 3. The normalized spacial score (nSPS) is 10.9. The summed E-state index contributed by atoms with van der Waals surface area (Å²) in [6.45, 7) is 1.93. The standard InChI is InChI=1S/C8H8ClN3/c1-5-3-6-4-10-12(2)8(6)11-7(5)9/h3-4H,1-2H3. The summed E-state index contributed by atoms with van der Waals surface area (Å²) < 4.78 is 1.71. The van der Waals surface area contributed by atoms with Gasteiger partial charge in [-0.2, -0.15) is 5.10 Å². The van der Waals surface area contributed by atoms with Crippen LogP contribution in [-0.2, 0) is 7.05 Å². The van der Waals surface area contributed by atoms with E-state index in [1.54, 1.807) is 10.9 Å². The van der Waals surface area contributed by atoms with Gasteiger partial charge < -0.3 is 0 Å². The molecule has 2 rings (SSSR count). The van der Waals surface area contributed by atoms with E-state index in [2.05, 4.69) is 10.1 Å². The molecule has 0 N–H and O–H groups in total. The highest BCUT2D eigenvalue weighted by atomic mass is 35.5. The van der Waals surface area contributed by atoms with Crippen molar-refractivity contribution in [2.24, 2.45) is 7.05 Å². The second-order valence-corrected chi connectivity index (χ2v) is 3.14. The maximum atomic E-state index is 5.86. The highest BCUT2D eigenvalue weighted by Gasteiger charge is 2.03. The Morgan fingerprint density at radius 3 is 3.00 bits per heavy atom. The third-order valence-corrected chi connectivity index (χ3v) is 2.22. The van der Waals surface area contributed by atoms with Crippen LogP contribution < -0.4 is 0 Å². The zero-order valence-corrected chi connectivity index (χ0v) is 7.63. The van der Waals surface area contributed by atoms with Crippen molar-refractivity contribution < 1.29 is 0 Å². The van der Waals surface area contributed by atoms with Crippen LogP contribution in [0.4, 0.5) is 0 Å². The van der Waals surface area contributed by atoms with Gasteiger partial charge in [-0.15, -0.1) is 0 Å². The number of aromatic nitrogens is 3. The van der Waals surface area contributed by atoms with Gasteiger partial charge in [0, 0.05) is 12.4 Å². The maximum Gasteiger partial charge on any atom is 0.159 e. The number of fused-ring (bicyclic) bond motifs is 1. The maximum absolute atomic E-state index is 5.86. The Kier molecular flexibility index (Phi) is 1.54. The van der Waals surface area contributed by atoms with Crippen LogP contribution in [0.3, 0.4) is 0 Å². The number of aryl methyl sites for hydroxylation is 2. The number of hydrogen-bond acceptors (Lipinski definition) is 2. The molecule has 0 saturated carbocycles. The molecule has 62 valence electrons. The largest absolute Gasteiger partial charge is 0.250 e. The molecule has 4 heteroatoms. The minimum absolute atomic E-state index is 0.547. The SMILES string of the molecule is Cc1cc2cnn(C)c2nc1Cl. The Bertz CT molecular complexity index is 433. The Morgan fingerprint density at radius 1 is 1.50 bits per heavy atom. The first-order valence-electron chi connectivity index (χ1n) is 3.63. The molecule has 2 aromatic rings. The van der Waals surface area contributed by atoms with E-state index in [9.17, 15) is 0 Å². The lowest BCUT2D eigenvalue weighted by Gasteiger charge is -1.97. The summed E-state index contributed by atoms with van der Waals surface area (Å²) in [6.07, 6.45) is 1.78. The number of halogens is 1. The molecule has 0 saturated heterocycles. The van der Waals surface area contributed by atoms with E-state index in [0.717, 1.165) is 16.6 Å². The van der Waals surface area contributed by atoms with E-state index in [1.807, 2.05) is 20.0 Å². The predicted octanol–water partition coefficient (Wildman–Crippen LogP) is 1.93. The Labute approximate surface area is 75.0 Å². The van der Waals surface area contributed by atoms with Crippen molar-refractivity contribution in [2.75, 3.05) is 0 Å². The lowest BCUT2D eigenvalue weighted by molar-refractivity contribution is 0.786. The first-order chi connectivity index (χ1) is 5.68. The predicted molar refractivity (Wildman–Crippen MR) is 48.3 cm³/mol. The summed E-state index contributed by atoms with van der Waals surface area (Å²) in [5.41, 5.74) is 1.81. The van der Waals surface area contributed by atoms with Crippen LogP contribution >= 0.6 is 11.6 Å². The lowest BCUT2D eigenvalue weighted by atomic mass is 10.2. The average molecular weight is 182 g/mol. The van der Waals surface area contributed by atoms with Crippen molar-refractivity contribution in [2.45, 2.75) is 6.92 Å². The molecule has 0 atom stereocenters. The van der Waals surface area contributed by atoms with E-state index in [0.29, 0.717) is 5.15 Å². The molecule has 12 heavy (non-hydrogen) atoms. The van der Waals surface area contributed by atoms with Crippen LogP contribution in [0.5, 0.6) is 0 Å². The van der Waals surface area contributed by atoms with Crippen molar-refractivity contribution in [3.63, 3.8) is 0 Å².